The highest BCUT2D eigenvalue weighted by molar-refractivity contribution is 7.89. The minimum absolute atomic E-state index is 0.00199. The molecule has 0 amide bonds. The first-order chi connectivity index (χ1) is 8.45. The third-order valence-electron chi connectivity index (χ3n) is 2.67. The number of carbonyl (C=O) groups is 1. The molecule has 4 nitrogen and oxygen atoms in total. The summed E-state index contributed by atoms with van der Waals surface area (Å²) in [6.07, 6.45) is 2.82. The molecule has 1 aliphatic rings. The van der Waals surface area contributed by atoms with E-state index in [1.54, 1.807) is 6.42 Å². The maximum atomic E-state index is 12.3. The lowest BCUT2D eigenvalue weighted by Gasteiger charge is -2.20. The summed E-state index contributed by atoms with van der Waals surface area (Å²) in [5.41, 5.74) is 0. The van der Waals surface area contributed by atoms with E-state index in [1.807, 2.05) is 0 Å². The van der Waals surface area contributed by atoms with Crippen LogP contribution in [0.3, 0.4) is 0 Å². The van der Waals surface area contributed by atoms with Crippen LogP contribution in [-0.2, 0) is 14.8 Å². The lowest BCUT2D eigenvalue weighted by Crippen LogP contribution is -2.36. The molecule has 1 radical (unpaired) electrons. The van der Waals surface area contributed by atoms with Gasteiger partial charge in [0.2, 0.25) is 10.0 Å². The lowest BCUT2D eigenvalue weighted by molar-refractivity contribution is -0.109. The van der Waals surface area contributed by atoms with Crippen molar-refractivity contribution in [2.75, 3.05) is 6.54 Å². The molecule has 7 heteroatoms. The smallest absolute Gasteiger partial charge is 0.243 e. The van der Waals surface area contributed by atoms with E-state index in [2.05, 4.69) is 0 Å². The summed E-state index contributed by atoms with van der Waals surface area (Å²) in [5.74, 6) is 0. The molecule has 1 atom stereocenters. The highest BCUT2D eigenvalue weighted by atomic mass is 35.5. The van der Waals surface area contributed by atoms with Crippen molar-refractivity contribution < 1.29 is 13.2 Å². The van der Waals surface area contributed by atoms with Gasteiger partial charge >= 0.3 is 0 Å². The van der Waals surface area contributed by atoms with Crippen LogP contribution in [0.5, 0.6) is 0 Å². The molecule has 0 N–H and O–H groups in total. The standard InChI is InChI=1S/C11H10Cl2NO3S/c12-8-4-9(13)6-11(5-8)18(16,17)14-3-1-2-10(14)7-15/h2,4-7,10H,1,3H2. The zero-order valence-corrected chi connectivity index (χ0v) is 11.5. The molecule has 0 bridgehead atoms. The van der Waals surface area contributed by atoms with Gasteiger partial charge in [-0.2, -0.15) is 4.31 Å². The summed E-state index contributed by atoms with van der Waals surface area (Å²) in [6, 6.07) is 3.38. The van der Waals surface area contributed by atoms with Crippen molar-refractivity contribution in [1.82, 2.24) is 4.31 Å². The van der Waals surface area contributed by atoms with Crippen molar-refractivity contribution in [3.05, 3.63) is 34.7 Å². The molecule has 0 aromatic heterocycles. The van der Waals surface area contributed by atoms with Crippen LogP contribution >= 0.6 is 23.2 Å². The van der Waals surface area contributed by atoms with Crippen LogP contribution in [0, 0.1) is 6.42 Å². The Kier molecular flexibility index (Phi) is 3.96. The van der Waals surface area contributed by atoms with Crippen molar-refractivity contribution >= 4 is 39.5 Å². The second-order valence-electron chi connectivity index (χ2n) is 3.87. The molecule has 18 heavy (non-hydrogen) atoms. The Morgan fingerprint density at radius 1 is 1.22 bits per heavy atom. The summed E-state index contributed by atoms with van der Waals surface area (Å²) >= 11 is 11.6. The summed E-state index contributed by atoms with van der Waals surface area (Å²) in [6.45, 7) is 0.288. The first-order valence-electron chi connectivity index (χ1n) is 5.22. The van der Waals surface area contributed by atoms with Gasteiger partial charge in [-0.1, -0.05) is 23.2 Å². The molecular weight excluding hydrogens is 297 g/mol. The number of hydrogen-bond acceptors (Lipinski definition) is 3. The van der Waals surface area contributed by atoms with Crippen LogP contribution in [0.2, 0.25) is 10.0 Å². The fourth-order valence-electron chi connectivity index (χ4n) is 1.86. The Morgan fingerprint density at radius 3 is 2.39 bits per heavy atom. The SMILES string of the molecule is O=CC1[CH]CCN1S(=O)(=O)c1cc(Cl)cc(Cl)c1. The molecule has 0 saturated carbocycles. The Morgan fingerprint density at radius 2 is 1.83 bits per heavy atom. The molecule has 0 aliphatic carbocycles. The zero-order valence-electron chi connectivity index (χ0n) is 9.21. The molecule has 1 fully saturated rings. The lowest BCUT2D eigenvalue weighted by atomic mass is 10.2. The Balaban J connectivity index is 2.44. The molecule has 1 unspecified atom stereocenters. The average molecular weight is 307 g/mol. The molecule has 0 spiro atoms. The van der Waals surface area contributed by atoms with E-state index in [1.165, 1.54) is 18.2 Å². The van der Waals surface area contributed by atoms with Gasteiger partial charge in [0.05, 0.1) is 10.9 Å². The quantitative estimate of drug-likeness (QED) is 0.804. The molecule has 1 aromatic carbocycles. The topological polar surface area (TPSA) is 54.5 Å². The number of nitrogens with zero attached hydrogens (tertiary/aromatic N) is 1. The van der Waals surface area contributed by atoms with Crippen LogP contribution in [0.15, 0.2) is 23.1 Å². The molecule has 1 aliphatic heterocycles. The third-order valence-corrected chi connectivity index (χ3v) is 4.98. The van der Waals surface area contributed by atoms with Gasteiger partial charge in [-0.05, 0) is 31.0 Å². The Labute approximate surface area is 116 Å². The maximum absolute atomic E-state index is 12.3. The predicted molar refractivity (Wildman–Crippen MR) is 69.1 cm³/mol. The second kappa shape index (κ2) is 5.17. The van der Waals surface area contributed by atoms with E-state index in [4.69, 9.17) is 23.2 Å². The van der Waals surface area contributed by atoms with Gasteiger partial charge in [0.25, 0.3) is 0 Å². The van der Waals surface area contributed by atoms with E-state index >= 15 is 0 Å². The number of carbonyl (C=O) groups excluding carboxylic acids is 1. The average Bonchev–Trinajstić information content (AvgIpc) is 2.76. The van der Waals surface area contributed by atoms with E-state index < -0.39 is 16.1 Å². The van der Waals surface area contributed by atoms with Gasteiger partial charge in [-0.3, -0.25) is 0 Å². The monoisotopic (exact) mass is 306 g/mol. The molecule has 1 saturated heterocycles. The highest BCUT2D eigenvalue weighted by Crippen LogP contribution is 2.28. The van der Waals surface area contributed by atoms with E-state index in [-0.39, 0.29) is 21.5 Å². The fraction of sp³-hybridized carbons (Fsp3) is 0.273. The van der Waals surface area contributed by atoms with Crippen molar-refractivity contribution in [1.29, 1.82) is 0 Å². The van der Waals surface area contributed by atoms with Crippen LogP contribution in [-0.4, -0.2) is 31.6 Å². The summed E-state index contributed by atoms with van der Waals surface area (Å²) < 4.78 is 25.8. The zero-order chi connectivity index (χ0) is 13.3. The van der Waals surface area contributed by atoms with Gasteiger partial charge in [0.1, 0.15) is 6.29 Å². The molecule has 1 heterocycles. The summed E-state index contributed by atoms with van der Waals surface area (Å²) in [7, 11) is -3.74. The number of hydrogen-bond donors (Lipinski definition) is 0. The Bertz CT molecular complexity index is 553. The number of aldehydes is 1. The van der Waals surface area contributed by atoms with Gasteiger partial charge in [-0.25, -0.2) is 8.42 Å². The van der Waals surface area contributed by atoms with Crippen LogP contribution in [0.1, 0.15) is 6.42 Å². The number of halogens is 2. The van der Waals surface area contributed by atoms with Crippen molar-refractivity contribution in [3.63, 3.8) is 0 Å². The van der Waals surface area contributed by atoms with Crippen molar-refractivity contribution in [2.45, 2.75) is 17.4 Å². The van der Waals surface area contributed by atoms with Gasteiger partial charge in [0, 0.05) is 16.6 Å². The van der Waals surface area contributed by atoms with Crippen LogP contribution < -0.4 is 0 Å². The van der Waals surface area contributed by atoms with Gasteiger partial charge in [0.15, 0.2) is 0 Å². The highest BCUT2D eigenvalue weighted by Gasteiger charge is 2.35. The predicted octanol–water partition coefficient (Wildman–Crippen LogP) is 2.16. The fourth-order valence-corrected chi connectivity index (χ4v) is 4.14. The first-order valence-corrected chi connectivity index (χ1v) is 7.41. The third kappa shape index (κ3) is 2.54. The number of sulfonamides is 1. The van der Waals surface area contributed by atoms with Crippen molar-refractivity contribution in [2.24, 2.45) is 0 Å². The Hall–Kier alpha value is -0.620. The van der Waals surface area contributed by atoms with Gasteiger partial charge < -0.3 is 4.79 Å². The summed E-state index contributed by atoms with van der Waals surface area (Å²) in [5, 5.41) is 0.485. The first kappa shape index (κ1) is 13.8. The maximum Gasteiger partial charge on any atom is 0.243 e. The minimum atomic E-state index is -3.74. The molecular formula is C11H10Cl2NO3S. The van der Waals surface area contributed by atoms with E-state index in [0.717, 1.165) is 4.31 Å². The number of benzene rings is 1. The van der Waals surface area contributed by atoms with Gasteiger partial charge in [-0.15, -0.1) is 0 Å². The largest absolute Gasteiger partial charge is 0.302 e. The van der Waals surface area contributed by atoms with Crippen LogP contribution in [0.25, 0.3) is 0 Å². The van der Waals surface area contributed by atoms with Crippen molar-refractivity contribution in [3.8, 4) is 0 Å². The number of rotatable bonds is 3. The normalized spacial score (nSPS) is 21.1. The van der Waals surface area contributed by atoms with E-state index in [9.17, 15) is 13.2 Å². The second-order valence-corrected chi connectivity index (χ2v) is 6.64. The van der Waals surface area contributed by atoms with Crippen LogP contribution in [0.4, 0.5) is 0 Å². The van der Waals surface area contributed by atoms with E-state index in [0.29, 0.717) is 12.7 Å². The molecule has 97 valence electrons. The minimum Gasteiger partial charge on any atom is -0.302 e. The summed E-state index contributed by atoms with van der Waals surface area (Å²) in [4.78, 5) is 10.8. The molecule has 2 rings (SSSR count). The molecule has 1 aromatic rings.